The van der Waals surface area contributed by atoms with Gasteiger partial charge in [0.1, 0.15) is 17.7 Å². The van der Waals surface area contributed by atoms with Gasteiger partial charge in [-0.05, 0) is 32.6 Å². The van der Waals surface area contributed by atoms with E-state index in [0.717, 1.165) is 5.69 Å². The maximum absolute atomic E-state index is 14.5. The van der Waals surface area contributed by atoms with Crippen LogP contribution in [0.3, 0.4) is 0 Å². The van der Waals surface area contributed by atoms with E-state index < -0.39 is 18.3 Å². The number of aromatic amines is 1. The van der Waals surface area contributed by atoms with Gasteiger partial charge in [-0.1, -0.05) is 6.92 Å². The fourth-order valence-corrected chi connectivity index (χ4v) is 3.48. The minimum atomic E-state index is -1.31. The molecule has 8 heteroatoms. The zero-order chi connectivity index (χ0) is 18.1. The van der Waals surface area contributed by atoms with E-state index >= 15 is 0 Å². The Balaban J connectivity index is 1.57. The number of aliphatic hydroxyl groups excluding tert-OH is 1. The number of imidazole rings is 1. The number of rotatable bonds is 4. The third kappa shape index (κ3) is 3.68. The number of aromatic nitrogens is 2. The average Bonchev–Trinajstić information content (AvgIpc) is 2.93. The van der Waals surface area contributed by atoms with Crippen molar-refractivity contribution in [3.63, 3.8) is 0 Å². The van der Waals surface area contributed by atoms with Crippen molar-refractivity contribution in [1.29, 1.82) is 0 Å². The third-order valence-electron chi connectivity index (χ3n) is 5.09. The molecule has 1 aliphatic carbocycles. The zero-order valence-electron chi connectivity index (χ0n) is 14.6. The fourth-order valence-electron chi connectivity index (χ4n) is 3.48. The van der Waals surface area contributed by atoms with E-state index in [9.17, 15) is 19.1 Å². The number of amides is 2. The predicted octanol–water partition coefficient (Wildman–Crippen LogP) is 0.720. The fraction of sp³-hybridized carbons (Fsp3) is 0.706. The molecule has 1 saturated carbocycles. The van der Waals surface area contributed by atoms with Crippen molar-refractivity contribution < 1.29 is 19.1 Å². The Bertz CT molecular complexity index is 656. The van der Waals surface area contributed by atoms with Gasteiger partial charge >= 0.3 is 0 Å². The van der Waals surface area contributed by atoms with E-state index in [-0.39, 0.29) is 24.3 Å². The summed E-state index contributed by atoms with van der Waals surface area (Å²) in [5.74, 6) is -0.0208. The molecule has 1 aromatic rings. The number of nitrogens with zero attached hydrogens (tertiary/aromatic N) is 2. The Morgan fingerprint density at radius 3 is 2.76 bits per heavy atom. The number of aliphatic hydroxyl groups is 1. The molecular weight excluding hydrogens is 327 g/mol. The van der Waals surface area contributed by atoms with E-state index in [4.69, 9.17) is 0 Å². The van der Waals surface area contributed by atoms with Crippen LogP contribution in [0.15, 0.2) is 0 Å². The summed E-state index contributed by atoms with van der Waals surface area (Å²) in [7, 11) is 0. The van der Waals surface area contributed by atoms with Crippen molar-refractivity contribution in [3.8, 4) is 0 Å². The molecule has 2 atom stereocenters. The number of hydrogen-bond donors (Lipinski definition) is 3. The number of H-pyrrole nitrogens is 1. The lowest BCUT2D eigenvalue weighted by Crippen LogP contribution is -2.55. The van der Waals surface area contributed by atoms with Crippen molar-refractivity contribution >= 4 is 11.8 Å². The van der Waals surface area contributed by atoms with E-state index in [1.807, 2.05) is 6.92 Å². The normalized spacial score (nSPS) is 29.2. The van der Waals surface area contributed by atoms with Crippen LogP contribution in [0.4, 0.5) is 4.39 Å². The summed E-state index contributed by atoms with van der Waals surface area (Å²) in [6.45, 7) is 4.05. The van der Waals surface area contributed by atoms with Gasteiger partial charge in [0.2, 0.25) is 5.91 Å². The number of likely N-dealkylation sites (tertiary alicyclic amines) is 1. The minimum absolute atomic E-state index is 0.0495. The van der Waals surface area contributed by atoms with E-state index in [1.165, 1.54) is 4.90 Å². The number of carbonyl (C=O) groups is 2. The van der Waals surface area contributed by atoms with E-state index in [0.29, 0.717) is 43.7 Å². The zero-order valence-corrected chi connectivity index (χ0v) is 14.6. The molecule has 2 aliphatic rings. The highest BCUT2D eigenvalue weighted by Crippen LogP contribution is 2.28. The molecule has 2 fully saturated rings. The quantitative estimate of drug-likeness (QED) is 0.744. The summed E-state index contributed by atoms with van der Waals surface area (Å²) < 4.78 is 14.5. The smallest absolute Gasteiger partial charge is 0.274 e. The standard InChI is InChI=1S/C17H25FN4O3/c1-3-13-15(20-9(2)19-13)17(25)22-5-4-14(12(18)8-22)21-16(24)10-6-11(23)7-10/h10-12,14,23H,3-8H2,1-2H3,(H,19,20)(H,21,24). The molecule has 1 aliphatic heterocycles. The molecule has 1 saturated heterocycles. The van der Waals surface area contributed by atoms with Gasteiger partial charge in [0.25, 0.3) is 5.91 Å². The second-order valence-electron chi connectivity index (χ2n) is 7.00. The van der Waals surface area contributed by atoms with Crippen molar-refractivity contribution in [3.05, 3.63) is 17.2 Å². The van der Waals surface area contributed by atoms with Gasteiger partial charge in [0.05, 0.1) is 18.7 Å². The van der Waals surface area contributed by atoms with Gasteiger partial charge in [-0.25, -0.2) is 9.37 Å². The highest BCUT2D eigenvalue weighted by molar-refractivity contribution is 5.93. The summed E-state index contributed by atoms with van der Waals surface area (Å²) in [5.41, 5.74) is 1.12. The lowest BCUT2D eigenvalue weighted by Gasteiger charge is -2.37. The Labute approximate surface area is 146 Å². The second-order valence-corrected chi connectivity index (χ2v) is 7.00. The highest BCUT2D eigenvalue weighted by atomic mass is 19.1. The first kappa shape index (κ1) is 17.8. The Kier molecular flexibility index (Phi) is 5.08. The summed E-state index contributed by atoms with van der Waals surface area (Å²) in [4.78, 5) is 33.4. The van der Waals surface area contributed by atoms with Gasteiger partial charge in [-0.2, -0.15) is 0 Å². The van der Waals surface area contributed by atoms with Crippen LogP contribution in [0.5, 0.6) is 0 Å². The first-order valence-corrected chi connectivity index (χ1v) is 8.86. The van der Waals surface area contributed by atoms with Crippen LogP contribution in [0, 0.1) is 12.8 Å². The molecule has 1 aromatic heterocycles. The van der Waals surface area contributed by atoms with E-state index in [1.54, 1.807) is 6.92 Å². The number of aryl methyl sites for hydroxylation is 2. The number of alkyl halides is 1. The van der Waals surface area contributed by atoms with Crippen LogP contribution in [-0.4, -0.2) is 63.2 Å². The first-order valence-electron chi connectivity index (χ1n) is 8.86. The Morgan fingerprint density at radius 2 is 2.16 bits per heavy atom. The highest BCUT2D eigenvalue weighted by Gasteiger charge is 2.38. The van der Waals surface area contributed by atoms with Crippen molar-refractivity contribution in [2.24, 2.45) is 5.92 Å². The second kappa shape index (κ2) is 7.11. The first-order chi connectivity index (χ1) is 11.9. The third-order valence-corrected chi connectivity index (χ3v) is 5.09. The maximum atomic E-state index is 14.5. The van der Waals surface area contributed by atoms with Crippen LogP contribution in [-0.2, 0) is 11.2 Å². The molecule has 2 unspecified atom stereocenters. The molecule has 0 aromatic carbocycles. The molecule has 138 valence electrons. The molecule has 0 spiro atoms. The summed E-state index contributed by atoms with van der Waals surface area (Å²) in [5, 5.41) is 12.0. The topological polar surface area (TPSA) is 98.3 Å². The minimum Gasteiger partial charge on any atom is -0.393 e. The van der Waals surface area contributed by atoms with Crippen molar-refractivity contribution in [2.45, 2.75) is 57.8 Å². The van der Waals surface area contributed by atoms with Gasteiger partial charge in [0.15, 0.2) is 0 Å². The molecular formula is C17H25FN4O3. The molecule has 25 heavy (non-hydrogen) atoms. The number of carbonyl (C=O) groups excluding carboxylic acids is 2. The number of piperidine rings is 1. The van der Waals surface area contributed by atoms with Crippen LogP contribution in [0.1, 0.15) is 48.2 Å². The van der Waals surface area contributed by atoms with E-state index in [2.05, 4.69) is 15.3 Å². The van der Waals surface area contributed by atoms with Gasteiger partial charge < -0.3 is 20.3 Å². The van der Waals surface area contributed by atoms with Crippen LogP contribution < -0.4 is 5.32 Å². The van der Waals surface area contributed by atoms with Crippen LogP contribution in [0.2, 0.25) is 0 Å². The predicted molar refractivity (Wildman–Crippen MR) is 88.8 cm³/mol. The summed E-state index contributed by atoms with van der Waals surface area (Å²) in [6, 6.07) is -0.583. The molecule has 2 amide bonds. The maximum Gasteiger partial charge on any atom is 0.274 e. The molecule has 0 bridgehead atoms. The van der Waals surface area contributed by atoms with Crippen molar-refractivity contribution in [1.82, 2.24) is 20.2 Å². The van der Waals surface area contributed by atoms with Gasteiger partial charge in [-0.3, -0.25) is 9.59 Å². The SMILES string of the molecule is CCc1[nH]c(C)nc1C(=O)N1CCC(NC(=O)C2CC(O)C2)C(F)C1. The molecule has 3 N–H and O–H groups in total. The Morgan fingerprint density at radius 1 is 1.44 bits per heavy atom. The van der Waals surface area contributed by atoms with Crippen LogP contribution in [0.25, 0.3) is 0 Å². The van der Waals surface area contributed by atoms with Gasteiger partial charge in [-0.15, -0.1) is 0 Å². The summed E-state index contributed by atoms with van der Waals surface area (Å²) in [6.07, 6.45) is 0.189. The number of hydrogen-bond acceptors (Lipinski definition) is 4. The number of nitrogens with one attached hydrogen (secondary N) is 2. The average molecular weight is 352 g/mol. The molecule has 2 heterocycles. The molecule has 7 nitrogen and oxygen atoms in total. The molecule has 0 radical (unpaired) electrons. The van der Waals surface area contributed by atoms with Crippen LogP contribution >= 0.6 is 0 Å². The summed E-state index contributed by atoms with van der Waals surface area (Å²) >= 11 is 0. The van der Waals surface area contributed by atoms with Crippen molar-refractivity contribution in [2.75, 3.05) is 13.1 Å². The monoisotopic (exact) mass is 352 g/mol. The van der Waals surface area contributed by atoms with Gasteiger partial charge in [0, 0.05) is 18.2 Å². The lowest BCUT2D eigenvalue weighted by molar-refractivity contribution is -0.133. The Hall–Kier alpha value is -1.96. The lowest BCUT2D eigenvalue weighted by atomic mass is 9.81. The number of halogens is 1. The molecule has 3 rings (SSSR count). The largest absolute Gasteiger partial charge is 0.393 e.